The average Bonchev–Trinajstić information content (AvgIpc) is 3.27. The Morgan fingerprint density at radius 1 is 1.11 bits per heavy atom. The highest BCUT2D eigenvalue weighted by atomic mass is 16.5. The van der Waals surface area contributed by atoms with Gasteiger partial charge < -0.3 is 15.0 Å². The molecule has 28 heavy (non-hydrogen) atoms. The van der Waals surface area contributed by atoms with E-state index in [1.54, 1.807) is 20.1 Å². The van der Waals surface area contributed by atoms with Crippen LogP contribution in [-0.2, 0) is 9.59 Å². The quantitative estimate of drug-likeness (QED) is 0.764. The first-order valence-electron chi connectivity index (χ1n) is 10.2. The smallest absolute Gasteiger partial charge is 0.244 e. The average molecular weight is 386 g/mol. The fourth-order valence-electron chi connectivity index (χ4n) is 4.06. The third kappa shape index (κ3) is 5.35. The maximum absolute atomic E-state index is 12.7. The molecule has 1 aliphatic carbocycles. The lowest BCUT2D eigenvalue weighted by Gasteiger charge is -2.38. The van der Waals surface area contributed by atoms with Gasteiger partial charge in [-0.3, -0.25) is 14.5 Å². The Morgan fingerprint density at radius 2 is 1.75 bits per heavy atom. The molecule has 0 radical (unpaired) electrons. The van der Waals surface area contributed by atoms with Gasteiger partial charge in [0.25, 0.3) is 0 Å². The SMILES string of the molecule is COc1ccc(/C=C/C(=O)NC(C)C(=O)N2CCN(C3CCCC3)CC2)cc1. The van der Waals surface area contributed by atoms with Crippen LogP contribution in [0, 0.1) is 0 Å². The number of nitrogens with one attached hydrogen (secondary N) is 1. The molecule has 3 rings (SSSR count). The van der Waals surface area contributed by atoms with Crippen molar-refractivity contribution >= 4 is 17.9 Å². The number of hydrogen-bond donors (Lipinski definition) is 1. The molecule has 1 atom stereocenters. The van der Waals surface area contributed by atoms with E-state index in [0.717, 1.165) is 37.5 Å². The second-order valence-electron chi connectivity index (χ2n) is 7.64. The van der Waals surface area contributed by atoms with Gasteiger partial charge in [-0.2, -0.15) is 0 Å². The molecule has 0 bridgehead atoms. The van der Waals surface area contributed by atoms with Crippen molar-refractivity contribution in [2.24, 2.45) is 0 Å². The number of nitrogens with zero attached hydrogens (tertiary/aromatic N) is 2. The molecule has 152 valence electrons. The van der Waals surface area contributed by atoms with Crippen molar-refractivity contribution in [3.8, 4) is 5.75 Å². The summed E-state index contributed by atoms with van der Waals surface area (Å²) in [5.74, 6) is 0.507. The first kappa shape index (κ1) is 20.4. The molecule has 1 N–H and O–H groups in total. The van der Waals surface area contributed by atoms with Crippen molar-refractivity contribution in [1.82, 2.24) is 15.1 Å². The number of carbonyl (C=O) groups excluding carboxylic acids is 2. The van der Waals surface area contributed by atoms with Gasteiger partial charge in [-0.25, -0.2) is 0 Å². The molecule has 6 heteroatoms. The van der Waals surface area contributed by atoms with Crippen molar-refractivity contribution in [3.63, 3.8) is 0 Å². The fourth-order valence-corrected chi connectivity index (χ4v) is 4.06. The molecule has 1 saturated carbocycles. The van der Waals surface area contributed by atoms with Crippen LogP contribution in [-0.4, -0.2) is 67.0 Å². The zero-order valence-corrected chi connectivity index (χ0v) is 16.9. The highest BCUT2D eigenvalue weighted by Gasteiger charge is 2.29. The minimum atomic E-state index is -0.522. The summed E-state index contributed by atoms with van der Waals surface area (Å²) < 4.78 is 5.12. The molecule has 1 aromatic rings. The first-order chi connectivity index (χ1) is 13.6. The maximum atomic E-state index is 12.7. The number of piperazine rings is 1. The predicted octanol–water partition coefficient (Wildman–Crippen LogP) is 2.30. The summed E-state index contributed by atoms with van der Waals surface area (Å²) >= 11 is 0. The summed E-state index contributed by atoms with van der Waals surface area (Å²) in [4.78, 5) is 29.2. The van der Waals surface area contributed by atoms with Gasteiger partial charge in [0.2, 0.25) is 11.8 Å². The first-order valence-corrected chi connectivity index (χ1v) is 10.2. The molecule has 1 aromatic carbocycles. The van der Waals surface area contributed by atoms with Gasteiger partial charge >= 0.3 is 0 Å². The van der Waals surface area contributed by atoms with Gasteiger partial charge in [-0.15, -0.1) is 0 Å². The minimum Gasteiger partial charge on any atom is -0.497 e. The Balaban J connectivity index is 1.44. The summed E-state index contributed by atoms with van der Waals surface area (Å²) in [5.41, 5.74) is 0.901. The molecule has 2 fully saturated rings. The van der Waals surface area contributed by atoms with Crippen LogP contribution in [0.2, 0.25) is 0 Å². The molecular formula is C22H31N3O3. The van der Waals surface area contributed by atoms with Gasteiger partial charge in [0.1, 0.15) is 11.8 Å². The zero-order valence-electron chi connectivity index (χ0n) is 16.9. The van der Waals surface area contributed by atoms with E-state index in [0.29, 0.717) is 6.04 Å². The summed E-state index contributed by atoms with van der Waals surface area (Å²) in [6.07, 6.45) is 8.44. The summed E-state index contributed by atoms with van der Waals surface area (Å²) in [5, 5.41) is 2.78. The van der Waals surface area contributed by atoms with Crippen LogP contribution in [0.4, 0.5) is 0 Å². The molecule has 1 unspecified atom stereocenters. The van der Waals surface area contributed by atoms with Crippen molar-refractivity contribution in [2.75, 3.05) is 33.3 Å². The van der Waals surface area contributed by atoms with E-state index in [4.69, 9.17) is 4.74 Å². The number of rotatable bonds is 6. The normalized spacial score (nSPS) is 19.7. The van der Waals surface area contributed by atoms with E-state index >= 15 is 0 Å². The van der Waals surface area contributed by atoms with Crippen molar-refractivity contribution in [1.29, 1.82) is 0 Å². The molecule has 0 aromatic heterocycles. The molecule has 0 spiro atoms. The zero-order chi connectivity index (χ0) is 19.9. The Morgan fingerprint density at radius 3 is 2.36 bits per heavy atom. The number of ether oxygens (including phenoxy) is 1. The molecule has 1 aliphatic heterocycles. The maximum Gasteiger partial charge on any atom is 0.244 e. The molecule has 6 nitrogen and oxygen atoms in total. The molecule has 1 saturated heterocycles. The van der Waals surface area contributed by atoms with E-state index in [-0.39, 0.29) is 11.8 Å². The second-order valence-corrected chi connectivity index (χ2v) is 7.64. The summed E-state index contributed by atoms with van der Waals surface area (Å²) in [6, 6.07) is 7.62. The lowest BCUT2D eigenvalue weighted by molar-refractivity contribution is -0.137. The second kappa shape index (κ2) is 9.73. The Bertz CT molecular complexity index is 687. The molecule has 1 heterocycles. The Hall–Kier alpha value is -2.34. The van der Waals surface area contributed by atoms with Gasteiger partial charge in [0, 0.05) is 38.3 Å². The van der Waals surface area contributed by atoms with Gasteiger partial charge in [0.15, 0.2) is 0 Å². The van der Waals surface area contributed by atoms with Crippen LogP contribution >= 0.6 is 0 Å². The minimum absolute atomic E-state index is 0.00253. The predicted molar refractivity (Wildman–Crippen MR) is 110 cm³/mol. The fraction of sp³-hybridized carbons (Fsp3) is 0.545. The molecule has 2 amide bonds. The standard InChI is InChI=1S/C22H31N3O3/c1-17(23-21(26)12-9-18-7-10-20(28-2)11-8-18)22(27)25-15-13-24(14-16-25)19-5-3-4-6-19/h7-12,17,19H,3-6,13-16H2,1-2H3,(H,23,26)/b12-9+. The Kier molecular flexibility index (Phi) is 7.09. The lowest BCUT2D eigenvalue weighted by Crippen LogP contribution is -2.55. The van der Waals surface area contributed by atoms with Crippen LogP contribution in [0.3, 0.4) is 0 Å². The van der Waals surface area contributed by atoms with E-state index in [1.165, 1.54) is 31.8 Å². The topological polar surface area (TPSA) is 61.9 Å². The van der Waals surface area contributed by atoms with Crippen LogP contribution in [0.25, 0.3) is 6.08 Å². The highest BCUT2D eigenvalue weighted by Crippen LogP contribution is 2.24. The lowest BCUT2D eigenvalue weighted by atomic mass is 10.1. The van der Waals surface area contributed by atoms with Gasteiger partial charge in [-0.05, 0) is 43.5 Å². The van der Waals surface area contributed by atoms with Crippen LogP contribution in [0.1, 0.15) is 38.2 Å². The van der Waals surface area contributed by atoms with E-state index in [1.807, 2.05) is 29.2 Å². The van der Waals surface area contributed by atoms with E-state index < -0.39 is 6.04 Å². The summed E-state index contributed by atoms with van der Waals surface area (Å²) in [7, 11) is 1.62. The third-order valence-corrected chi connectivity index (χ3v) is 5.74. The number of hydrogen-bond acceptors (Lipinski definition) is 4. The van der Waals surface area contributed by atoms with E-state index in [9.17, 15) is 9.59 Å². The molecular weight excluding hydrogens is 354 g/mol. The highest BCUT2D eigenvalue weighted by molar-refractivity contribution is 5.95. The van der Waals surface area contributed by atoms with Crippen LogP contribution in [0.15, 0.2) is 30.3 Å². The number of methoxy groups -OCH3 is 1. The monoisotopic (exact) mass is 385 g/mol. The van der Waals surface area contributed by atoms with Gasteiger partial charge in [0.05, 0.1) is 7.11 Å². The number of benzene rings is 1. The molecule has 2 aliphatic rings. The van der Waals surface area contributed by atoms with Gasteiger partial charge in [-0.1, -0.05) is 25.0 Å². The summed E-state index contributed by atoms with van der Waals surface area (Å²) in [6.45, 7) is 5.13. The van der Waals surface area contributed by atoms with Crippen molar-refractivity contribution < 1.29 is 14.3 Å². The number of carbonyl (C=O) groups is 2. The number of amides is 2. The van der Waals surface area contributed by atoms with Crippen molar-refractivity contribution in [3.05, 3.63) is 35.9 Å². The van der Waals surface area contributed by atoms with E-state index in [2.05, 4.69) is 10.2 Å². The largest absolute Gasteiger partial charge is 0.497 e. The third-order valence-electron chi connectivity index (χ3n) is 5.74. The van der Waals surface area contributed by atoms with Crippen LogP contribution < -0.4 is 10.1 Å². The van der Waals surface area contributed by atoms with Crippen molar-refractivity contribution in [2.45, 2.75) is 44.7 Å². The Labute approximate surface area is 167 Å². The van der Waals surface area contributed by atoms with Crippen LogP contribution in [0.5, 0.6) is 5.75 Å².